The maximum absolute atomic E-state index is 10.6. The van der Waals surface area contributed by atoms with Crippen LogP contribution in [0.25, 0.3) is 0 Å². The average molecular weight is 186 g/mol. The van der Waals surface area contributed by atoms with Gasteiger partial charge in [-0.1, -0.05) is 6.07 Å². The molecule has 0 saturated heterocycles. The number of nitriles is 1. The molecule has 0 radical (unpaired) electrons. The van der Waals surface area contributed by atoms with E-state index in [2.05, 4.69) is 11.8 Å². The molecule has 68 valence electrons. The van der Waals surface area contributed by atoms with Gasteiger partial charge in [0.15, 0.2) is 6.07 Å². The zero-order chi connectivity index (χ0) is 10.6. The van der Waals surface area contributed by atoms with Gasteiger partial charge >= 0.3 is 0 Å². The van der Waals surface area contributed by atoms with Gasteiger partial charge in [0.25, 0.3) is 5.69 Å². The van der Waals surface area contributed by atoms with Gasteiger partial charge in [0.05, 0.1) is 4.92 Å². The first-order valence-electron chi connectivity index (χ1n) is 3.80. The molecule has 0 bridgehead atoms. The predicted molar refractivity (Wildman–Crippen MR) is 50.3 cm³/mol. The second kappa shape index (κ2) is 4.06. The highest BCUT2D eigenvalue weighted by Gasteiger charge is 2.11. The molecule has 4 heteroatoms. The van der Waals surface area contributed by atoms with Crippen LogP contribution in [-0.4, -0.2) is 4.92 Å². The van der Waals surface area contributed by atoms with E-state index in [-0.39, 0.29) is 11.3 Å². The van der Waals surface area contributed by atoms with Crippen LogP contribution < -0.4 is 0 Å². The molecule has 0 saturated carbocycles. The van der Waals surface area contributed by atoms with E-state index in [1.54, 1.807) is 19.1 Å². The molecule has 4 nitrogen and oxygen atoms in total. The van der Waals surface area contributed by atoms with Gasteiger partial charge in [-0.05, 0) is 24.5 Å². The summed E-state index contributed by atoms with van der Waals surface area (Å²) in [5, 5.41) is 18.8. The molecule has 0 heterocycles. The summed E-state index contributed by atoms with van der Waals surface area (Å²) in [7, 11) is 0. The van der Waals surface area contributed by atoms with Crippen LogP contribution in [0.1, 0.15) is 11.1 Å². The van der Waals surface area contributed by atoms with Gasteiger partial charge in [-0.3, -0.25) is 10.1 Å². The molecule has 14 heavy (non-hydrogen) atoms. The largest absolute Gasteiger partial charge is 0.285 e. The summed E-state index contributed by atoms with van der Waals surface area (Å²) < 4.78 is 0. The van der Waals surface area contributed by atoms with Crippen molar-refractivity contribution in [2.45, 2.75) is 6.92 Å². The summed E-state index contributed by atoms with van der Waals surface area (Å²) in [5.41, 5.74) is 0.995. The third kappa shape index (κ3) is 2.09. The molecule has 0 spiro atoms. The lowest BCUT2D eigenvalue weighted by Gasteiger charge is -1.96. The Labute approximate surface area is 80.9 Å². The molecule has 0 N–H and O–H groups in total. The van der Waals surface area contributed by atoms with E-state index >= 15 is 0 Å². The summed E-state index contributed by atoms with van der Waals surface area (Å²) in [6, 6.07) is 6.30. The quantitative estimate of drug-likeness (QED) is 0.381. The molecule has 0 aliphatic heterocycles. The highest BCUT2D eigenvalue weighted by molar-refractivity contribution is 5.53. The van der Waals surface area contributed by atoms with Gasteiger partial charge in [-0.15, -0.1) is 0 Å². The number of hydrogen-bond donors (Lipinski definition) is 0. The van der Waals surface area contributed by atoms with Crippen LogP contribution in [0.3, 0.4) is 0 Å². The fraction of sp³-hybridized carbons (Fsp3) is 0.100. The smallest absolute Gasteiger partial charge is 0.258 e. The minimum absolute atomic E-state index is 0.0623. The predicted octanol–water partition coefficient (Wildman–Crippen LogP) is 1.78. The fourth-order valence-electron chi connectivity index (χ4n) is 0.994. The van der Waals surface area contributed by atoms with Crippen LogP contribution in [0, 0.1) is 40.2 Å². The lowest BCUT2D eigenvalue weighted by atomic mass is 10.1. The van der Waals surface area contributed by atoms with E-state index in [9.17, 15) is 10.1 Å². The molecule has 0 amide bonds. The Morgan fingerprint density at radius 2 is 2.21 bits per heavy atom. The van der Waals surface area contributed by atoms with E-state index in [1.807, 2.05) is 0 Å². The number of aryl methyl sites for hydroxylation is 1. The zero-order valence-corrected chi connectivity index (χ0v) is 7.44. The second-order valence-corrected chi connectivity index (χ2v) is 2.64. The SMILES string of the molecule is Cc1ccc(C#CC#N)c([N+](=O)[O-])c1. The van der Waals surface area contributed by atoms with Crippen molar-refractivity contribution in [3.8, 4) is 17.9 Å². The van der Waals surface area contributed by atoms with E-state index in [0.717, 1.165) is 5.56 Å². The van der Waals surface area contributed by atoms with Crippen LogP contribution in [0.2, 0.25) is 0 Å². The first-order chi connectivity index (χ1) is 6.65. The highest BCUT2D eigenvalue weighted by atomic mass is 16.6. The van der Waals surface area contributed by atoms with Gasteiger partial charge in [-0.2, -0.15) is 5.26 Å². The Balaban J connectivity index is 3.30. The fourth-order valence-corrected chi connectivity index (χ4v) is 0.994. The van der Waals surface area contributed by atoms with Crippen LogP contribution in [-0.2, 0) is 0 Å². The van der Waals surface area contributed by atoms with Crippen molar-refractivity contribution >= 4 is 5.69 Å². The summed E-state index contributed by atoms with van der Waals surface area (Å²) in [6.07, 6.45) is 0. The summed E-state index contributed by atoms with van der Waals surface area (Å²) in [6.45, 7) is 1.76. The van der Waals surface area contributed by atoms with Crippen LogP contribution >= 0.6 is 0 Å². The normalized spacial score (nSPS) is 8.29. The van der Waals surface area contributed by atoms with Crippen LogP contribution in [0.4, 0.5) is 5.69 Å². The van der Waals surface area contributed by atoms with Crippen molar-refractivity contribution in [2.24, 2.45) is 0 Å². The van der Waals surface area contributed by atoms with E-state index in [1.165, 1.54) is 12.1 Å². The molecule has 0 atom stereocenters. The number of nitro groups is 1. The van der Waals surface area contributed by atoms with E-state index < -0.39 is 4.92 Å². The topological polar surface area (TPSA) is 66.9 Å². The third-order valence-corrected chi connectivity index (χ3v) is 1.60. The van der Waals surface area contributed by atoms with E-state index in [0.29, 0.717) is 0 Å². The Kier molecular flexibility index (Phi) is 2.83. The molecular weight excluding hydrogens is 180 g/mol. The Morgan fingerprint density at radius 1 is 1.50 bits per heavy atom. The molecule has 1 rings (SSSR count). The maximum atomic E-state index is 10.6. The van der Waals surface area contributed by atoms with Crippen molar-refractivity contribution < 1.29 is 4.92 Å². The molecule has 0 fully saturated rings. The number of benzene rings is 1. The van der Waals surface area contributed by atoms with Crippen molar-refractivity contribution in [1.82, 2.24) is 0 Å². The highest BCUT2D eigenvalue weighted by Crippen LogP contribution is 2.18. The Hall–Kier alpha value is -2.33. The van der Waals surface area contributed by atoms with Crippen molar-refractivity contribution in [1.29, 1.82) is 5.26 Å². The molecular formula is C10H6N2O2. The van der Waals surface area contributed by atoms with E-state index in [4.69, 9.17) is 5.26 Å². The maximum Gasteiger partial charge on any atom is 0.285 e. The van der Waals surface area contributed by atoms with Crippen LogP contribution in [0.15, 0.2) is 18.2 Å². The number of nitrogens with zero attached hydrogens (tertiary/aromatic N) is 2. The summed E-state index contributed by atoms with van der Waals surface area (Å²) in [4.78, 5) is 10.1. The Bertz CT molecular complexity index is 475. The zero-order valence-electron chi connectivity index (χ0n) is 7.44. The molecule has 1 aromatic rings. The lowest BCUT2D eigenvalue weighted by Crippen LogP contribution is -1.92. The molecule has 0 unspecified atom stereocenters. The summed E-state index contributed by atoms with van der Waals surface area (Å²) >= 11 is 0. The second-order valence-electron chi connectivity index (χ2n) is 2.64. The molecule has 1 aromatic carbocycles. The number of nitro benzene ring substituents is 1. The third-order valence-electron chi connectivity index (χ3n) is 1.60. The van der Waals surface area contributed by atoms with Gasteiger partial charge in [0.1, 0.15) is 5.56 Å². The standard InChI is InChI=1S/C10H6N2O2/c1-8-4-5-9(3-2-6-11)10(7-8)12(13)14/h4-5,7H,1H3. The van der Waals surface area contributed by atoms with Crippen LogP contribution in [0.5, 0.6) is 0 Å². The summed E-state index contributed by atoms with van der Waals surface area (Å²) in [5.74, 6) is 4.55. The molecule has 0 aliphatic rings. The first-order valence-corrected chi connectivity index (χ1v) is 3.80. The number of rotatable bonds is 1. The van der Waals surface area contributed by atoms with Crippen molar-refractivity contribution in [2.75, 3.05) is 0 Å². The average Bonchev–Trinajstić information content (AvgIpc) is 2.15. The van der Waals surface area contributed by atoms with Gasteiger partial charge in [0.2, 0.25) is 0 Å². The van der Waals surface area contributed by atoms with Gasteiger partial charge < -0.3 is 0 Å². The van der Waals surface area contributed by atoms with Gasteiger partial charge in [-0.25, -0.2) is 0 Å². The minimum atomic E-state index is -0.506. The Morgan fingerprint density at radius 3 is 2.79 bits per heavy atom. The first kappa shape index (κ1) is 9.76. The monoisotopic (exact) mass is 186 g/mol. The molecule has 0 aromatic heterocycles. The minimum Gasteiger partial charge on any atom is -0.258 e. The van der Waals surface area contributed by atoms with Gasteiger partial charge in [0, 0.05) is 12.0 Å². The van der Waals surface area contributed by atoms with Crippen molar-refractivity contribution in [3.63, 3.8) is 0 Å². The molecule has 0 aliphatic carbocycles. The lowest BCUT2D eigenvalue weighted by molar-refractivity contribution is -0.385. The van der Waals surface area contributed by atoms with Crippen molar-refractivity contribution in [3.05, 3.63) is 39.4 Å². The number of hydrogen-bond acceptors (Lipinski definition) is 3.